The molecule has 31 heavy (non-hydrogen) atoms. The largest absolute Gasteiger partial charge is 0.481 e. The molecule has 1 heterocycles. The van der Waals surface area contributed by atoms with Gasteiger partial charge in [0.25, 0.3) is 0 Å². The van der Waals surface area contributed by atoms with Gasteiger partial charge in [-0.1, -0.05) is 62.5 Å². The molecule has 4 rings (SSSR count). The van der Waals surface area contributed by atoms with Crippen LogP contribution < -0.4 is 5.32 Å². The molecule has 3 aromatic rings. The average Bonchev–Trinajstić information content (AvgIpc) is 3.15. The number of benzene rings is 2. The molecular weight excluding hydrogens is 564 g/mol. The van der Waals surface area contributed by atoms with Crippen LogP contribution in [0.1, 0.15) is 31.2 Å². The van der Waals surface area contributed by atoms with E-state index in [-0.39, 0.29) is 5.91 Å². The lowest BCUT2D eigenvalue weighted by Crippen LogP contribution is -2.36. The Hall–Kier alpha value is -1.42. The van der Waals surface area contributed by atoms with Crippen molar-refractivity contribution in [3.63, 3.8) is 0 Å². The second-order valence-corrected chi connectivity index (χ2v) is 11.5. The maximum absolute atomic E-state index is 12.7. The summed E-state index contributed by atoms with van der Waals surface area (Å²) < 4.78 is 4.05. The summed E-state index contributed by atoms with van der Waals surface area (Å²) >= 11 is 10.3. The Morgan fingerprint density at radius 2 is 1.90 bits per heavy atom. The molecule has 0 bridgehead atoms. The number of hydrogen-bond donors (Lipinski definition) is 2. The standard InChI is InChI=1S/C22H20Br2N2O3S2/c23-13-6-5-12(17(24)9-13)11-30-22-26-18-8-7-14(10-19(18)31-22)25-20(27)15-3-1-2-4-16(15)21(28)29/h5-10,15-16H,1-4,11H2,(H,25,27)(H,28,29)/t15-,16+/m1/s1. The number of nitrogens with zero attached hydrogens (tertiary/aromatic N) is 1. The number of aliphatic carboxylic acids is 1. The molecule has 1 fully saturated rings. The highest BCUT2D eigenvalue weighted by atomic mass is 79.9. The van der Waals surface area contributed by atoms with Gasteiger partial charge in [0.2, 0.25) is 5.91 Å². The second-order valence-electron chi connectivity index (χ2n) is 7.51. The Labute approximate surface area is 205 Å². The van der Waals surface area contributed by atoms with Crippen LogP contribution in [0.3, 0.4) is 0 Å². The molecule has 0 spiro atoms. The lowest BCUT2D eigenvalue weighted by Gasteiger charge is -2.27. The van der Waals surface area contributed by atoms with Gasteiger partial charge in [-0.05, 0) is 48.7 Å². The number of rotatable bonds is 6. The number of thioether (sulfide) groups is 1. The Morgan fingerprint density at radius 3 is 2.65 bits per heavy atom. The van der Waals surface area contributed by atoms with Crippen molar-refractivity contribution in [3.05, 3.63) is 50.9 Å². The van der Waals surface area contributed by atoms with Crippen LogP contribution in [0.4, 0.5) is 5.69 Å². The Morgan fingerprint density at radius 1 is 1.13 bits per heavy atom. The van der Waals surface area contributed by atoms with E-state index in [0.29, 0.717) is 18.5 Å². The van der Waals surface area contributed by atoms with Crippen molar-refractivity contribution < 1.29 is 14.7 Å². The van der Waals surface area contributed by atoms with Gasteiger partial charge >= 0.3 is 5.97 Å². The fourth-order valence-electron chi connectivity index (χ4n) is 3.80. The van der Waals surface area contributed by atoms with E-state index in [2.05, 4.69) is 48.2 Å². The predicted octanol–water partition coefficient (Wildman–Crippen LogP) is 6.94. The first-order chi connectivity index (χ1) is 14.9. The minimum absolute atomic E-state index is 0.203. The molecular formula is C22H20Br2N2O3S2. The molecule has 1 saturated carbocycles. The summed E-state index contributed by atoms with van der Waals surface area (Å²) in [6.45, 7) is 0. The highest BCUT2D eigenvalue weighted by Gasteiger charge is 2.35. The predicted molar refractivity (Wildman–Crippen MR) is 133 cm³/mol. The van der Waals surface area contributed by atoms with Crippen LogP contribution in [-0.2, 0) is 15.3 Å². The van der Waals surface area contributed by atoms with Crippen LogP contribution in [-0.4, -0.2) is 22.0 Å². The monoisotopic (exact) mass is 582 g/mol. The number of carbonyl (C=O) groups excluding carboxylic acids is 1. The SMILES string of the molecule is O=C(O)[C@H]1CCCC[C@H]1C(=O)Nc1ccc2nc(SCc3ccc(Br)cc3Br)sc2c1. The van der Waals surface area contributed by atoms with E-state index in [1.54, 1.807) is 23.1 Å². The van der Waals surface area contributed by atoms with Gasteiger partial charge in [0.15, 0.2) is 4.34 Å². The Bertz CT molecular complexity index is 1140. The first-order valence-electron chi connectivity index (χ1n) is 9.91. The number of carbonyl (C=O) groups is 2. The second kappa shape index (κ2) is 10.0. The number of carboxylic acid groups (broad SMARTS) is 1. The number of nitrogens with one attached hydrogen (secondary N) is 1. The number of amides is 1. The highest BCUT2D eigenvalue weighted by Crippen LogP contribution is 2.35. The fraction of sp³-hybridized carbons (Fsp3) is 0.318. The van der Waals surface area contributed by atoms with Crippen LogP contribution in [0.2, 0.25) is 0 Å². The van der Waals surface area contributed by atoms with Gasteiger partial charge < -0.3 is 10.4 Å². The molecule has 2 atom stereocenters. The molecule has 0 radical (unpaired) electrons. The van der Waals surface area contributed by atoms with Gasteiger partial charge in [0.1, 0.15) is 0 Å². The van der Waals surface area contributed by atoms with E-state index in [1.165, 1.54) is 5.56 Å². The first-order valence-corrected chi connectivity index (χ1v) is 13.3. The quantitative estimate of drug-likeness (QED) is 0.307. The van der Waals surface area contributed by atoms with Crippen LogP contribution in [0.15, 0.2) is 49.7 Å². The number of aromatic nitrogens is 1. The summed E-state index contributed by atoms with van der Waals surface area (Å²) in [7, 11) is 0. The molecule has 1 aliphatic carbocycles. The Balaban J connectivity index is 1.44. The molecule has 1 aromatic heterocycles. The van der Waals surface area contributed by atoms with Crippen molar-refractivity contribution in [2.24, 2.45) is 11.8 Å². The van der Waals surface area contributed by atoms with Gasteiger partial charge in [0, 0.05) is 20.4 Å². The molecule has 2 aromatic carbocycles. The third-order valence-electron chi connectivity index (χ3n) is 5.42. The number of hydrogen-bond acceptors (Lipinski definition) is 5. The van der Waals surface area contributed by atoms with Crippen molar-refractivity contribution in [2.75, 3.05) is 5.32 Å². The van der Waals surface area contributed by atoms with E-state index in [4.69, 9.17) is 0 Å². The van der Waals surface area contributed by atoms with Crippen molar-refractivity contribution in [1.29, 1.82) is 0 Å². The third-order valence-corrected chi connectivity index (χ3v) is 8.86. The number of thiazole rings is 1. The smallest absolute Gasteiger partial charge is 0.307 e. The average molecular weight is 584 g/mol. The van der Waals surface area contributed by atoms with E-state index in [9.17, 15) is 14.7 Å². The molecule has 0 aliphatic heterocycles. The fourth-order valence-corrected chi connectivity index (χ4v) is 7.28. The van der Waals surface area contributed by atoms with Crippen LogP contribution >= 0.6 is 55.0 Å². The van der Waals surface area contributed by atoms with Gasteiger partial charge in [-0.2, -0.15) is 0 Å². The molecule has 2 N–H and O–H groups in total. The van der Waals surface area contributed by atoms with E-state index >= 15 is 0 Å². The lowest BCUT2D eigenvalue weighted by molar-refractivity contribution is -0.147. The van der Waals surface area contributed by atoms with Gasteiger partial charge in [-0.3, -0.25) is 9.59 Å². The molecule has 9 heteroatoms. The maximum Gasteiger partial charge on any atom is 0.307 e. The first kappa shape index (κ1) is 22.8. The summed E-state index contributed by atoms with van der Waals surface area (Å²) in [6, 6.07) is 11.8. The van der Waals surface area contributed by atoms with Gasteiger partial charge in [0.05, 0.1) is 22.1 Å². The summed E-state index contributed by atoms with van der Waals surface area (Å²) in [4.78, 5) is 28.9. The van der Waals surface area contributed by atoms with E-state index in [0.717, 1.165) is 42.1 Å². The van der Waals surface area contributed by atoms with Crippen LogP contribution in [0, 0.1) is 11.8 Å². The number of fused-ring (bicyclic) bond motifs is 1. The normalized spacial score (nSPS) is 18.8. The molecule has 1 aliphatic rings. The summed E-state index contributed by atoms with van der Waals surface area (Å²) in [5.74, 6) is -1.35. The minimum atomic E-state index is -0.878. The highest BCUT2D eigenvalue weighted by molar-refractivity contribution is 9.11. The van der Waals surface area contributed by atoms with Gasteiger partial charge in [-0.15, -0.1) is 11.3 Å². The molecule has 162 valence electrons. The summed E-state index contributed by atoms with van der Waals surface area (Å²) in [6.07, 6.45) is 2.95. The van der Waals surface area contributed by atoms with E-state index in [1.807, 2.05) is 30.3 Å². The summed E-state index contributed by atoms with van der Waals surface area (Å²) in [5, 5.41) is 12.4. The van der Waals surface area contributed by atoms with Crippen LogP contribution in [0.25, 0.3) is 10.2 Å². The third kappa shape index (κ3) is 5.50. The molecule has 5 nitrogen and oxygen atoms in total. The minimum Gasteiger partial charge on any atom is -0.481 e. The molecule has 0 saturated heterocycles. The van der Waals surface area contributed by atoms with Crippen molar-refractivity contribution in [1.82, 2.24) is 4.98 Å². The lowest BCUT2D eigenvalue weighted by atomic mass is 9.78. The van der Waals surface area contributed by atoms with Crippen molar-refractivity contribution in [3.8, 4) is 0 Å². The maximum atomic E-state index is 12.7. The zero-order chi connectivity index (χ0) is 22.0. The molecule has 1 amide bonds. The Kier molecular flexibility index (Phi) is 7.36. The van der Waals surface area contributed by atoms with E-state index < -0.39 is 17.8 Å². The van der Waals surface area contributed by atoms with Crippen LogP contribution in [0.5, 0.6) is 0 Å². The number of carboxylic acids is 1. The van der Waals surface area contributed by atoms with Gasteiger partial charge in [-0.25, -0.2) is 4.98 Å². The topological polar surface area (TPSA) is 79.3 Å². The number of halogens is 2. The molecule has 0 unspecified atom stereocenters. The zero-order valence-corrected chi connectivity index (χ0v) is 21.2. The zero-order valence-electron chi connectivity index (χ0n) is 16.4. The summed E-state index contributed by atoms with van der Waals surface area (Å²) in [5.41, 5.74) is 2.77. The number of anilines is 1. The van der Waals surface area contributed by atoms with Crippen molar-refractivity contribution in [2.45, 2.75) is 35.8 Å². The van der Waals surface area contributed by atoms with Crippen molar-refractivity contribution >= 4 is 82.7 Å².